The van der Waals surface area contributed by atoms with E-state index < -0.39 is 0 Å². The molecule has 6 rings (SSSR count). The van der Waals surface area contributed by atoms with E-state index in [1.165, 1.54) is 11.8 Å². The minimum atomic E-state index is -0.171. The summed E-state index contributed by atoms with van der Waals surface area (Å²) >= 11 is 0. The molecule has 2 amide bonds. The molecular formula is C34H36N6O3. The van der Waals surface area contributed by atoms with Crippen molar-refractivity contribution < 1.29 is 14.4 Å². The van der Waals surface area contributed by atoms with Crippen molar-refractivity contribution in [3.8, 4) is 6.07 Å². The van der Waals surface area contributed by atoms with Crippen molar-refractivity contribution in [2.45, 2.75) is 38.3 Å². The maximum absolute atomic E-state index is 13.1. The van der Waals surface area contributed by atoms with Crippen molar-refractivity contribution >= 4 is 23.3 Å². The number of amides is 2. The normalized spacial score (nSPS) is 17.7. The van der Waals surface area contributed by atoms with Gasteiger partial charge in [0.2, 0.25) is 0 Å². The Morgan fingerprint density at radius 1 is 0.814 bits per heavy atom. The summed E-state index contributed by atoms with van der Waals surface area (Å²) in [5.74, 6) is 0.159. The predicted octanol–water partition coefficient (Wildman–Crippen LogP) is 3.90. The maximum Gasteiger partial charge on any atom is 0.272 e. The zero-order valence-electron chi connectivity index (χ0n) is 24.2. The largest absolute Gasteiger partial charge is 0.368 e. The lowest BCUT2D eigenvalue weighted by Crippen LogP contribution is -2.49. The Balaban J connectivity index is 0.945. The van der Waals surface area contributed by atoms with Crippen LogP contribution in [0.5, 0.6) is 0 Å². The van der Waals surface area contributed by atoms with Gasteiger partial charge in [0.25, 0.3) is 11.8 Å². The molecule has 3 aromatic rings. The Morgan fingerprint density at radius 2 is 1.49 bits per heavy atom. The van der Waals surface area contributed by atoms with Crippen LogP contribution in [0.2, 0.25) is 0 Å². The molecule has 3 fully saturated rings. The molecule has 9 heteroatoms. The second-order valence-electron chi connectivity index (χ2n) is 11.7. The van der Waals surface area contributed by atoms with Gasteiger partial charge in [0.05, 0.1) is 17.2 Å². The number of ketones is 1. The molecule has 3 aliphatic rings. The number of likely N-dealkylation sites (tertiary alicyclic amines) is 1. The second-order valence-corrected chi connectivity index (χ2v) is 11.7. The van der Waals surface area contributed by atoms with Crippen molar-refractivity contribution in [3.63, 3.8) is 0 Å². The summed E-state index contributed by atoms with van der Waals surface area (Å²) in [6, 6.07) is 21.1. The van der Waals surface area contributed by atoms with Crippen LogP contribution < -0.4 is 10.2 Å². The molecule has 0 atom stereocenters. The number of nitrogens with zero attached hydrogens (tertiary/aromatic N) is 5. The number of carbonyl (C=O) groups excluding carboxylic acids is 3. The molecule has 220 valence electrons. The lowest BCUT2D eigenvalue weighted by Gasteiger charge is -2.36. The van der Waals surface area contributed by atoms with E-state index in [-0.39, 0.29) is 29.6 Å². The lowest BCUT2D eigenvalue weighted by atomic mass is 10.0. The standard InChI is InChI=1S/C34H36N6O3/c35-21-24-1-3-25(4-2-24)23-38-15-13-29(14-16-38)37-33(42)28-9-12-31(36-22-28)34(43)40-19-17-39(18-20-40)30-10-7-27(8-11-30)32(41)26-5-6-26/h1-4,7-12,22,26,29H,5-6,13-20,23H2,(H,37,42). The highest BCUT2D eigenvalue weighted by molar-refractivity contribution is 5.99. The summed E-state index contributed by atoms with van der Waals surface area (Å²) in [5, 5.41) is 12.1. The first-order valence-corrected chi connectivity index (χ1v) is 15.1. The highest BCUT2D eigenvalue weighted by Gasteiger charge is 2.30. The molecule has 2 saturated heterocycles. The van der Waals surface area contributed by atoms with E-state index >= 15 is 0 Å². The van der Waals surface area contributed by atoms with Gasteiger partial charge in [-0.05, 0) is 79.8 Å². The van der Waals surface area contributed by atoms with Crippen molar-refractivity contribution in [2.75, 3.05) is 44.2 Å². The van der Waals surface area contributed by atoms with E-state index in [2.05, 4.69) is 26.2 Å². The van der Waals surface area contributed by atoms with E-state index in [1.807, 2.05) is 48.5 Å². The fourth-order valence-corrected chi connectivity index (χ4v) is 5.85. The Morgan fingerprint density at radius 3 is 2.09 bits per heavy atom. The average Bonchev–Trinajstić information content (AvgIpc) is 3.92. The number of piperidine rings is 1. The zero-order chi connectivity index (χ0) is 29.8. The minimum absolute atomic E-state index is 0.0946. The highest BCUT2D eigenvalue weighted by atomic mass is 16.2. The molecule has 1 saturated carbocycles. The average molecular weight is 577 g/mol. The van der Waals surface area contributed by atoms with Crippen molar-refractivity contribution in [3.05, 3.63) is 94.8 Å². The van der Waals surface area contributed by atoms with Crippen LogP contribution in [-0.2, 0) is 6.54 Å². The monoisotopic (exact) mass is 576 g/mol. The first-order valence-electron chi connectivity index (χ1n) is 15.1. The number of benzene rings is 2. The van der Waals surface area contributed by atoms with Crippen LogP contribution >= 0.6 is 0 Å². The van der Waals surface area contributed by atoms with Crippen LogP contribution in [0, 0.1) is 17.2 Å². The minimum Gasteiger partial charge on any atom is -0.368 e. The summed E-state index contributed by atoms with van der Waals surface area (Å²) in [5.41, 5.74) is 4.47. The maximum atomic E-state index is 13.1. The smallest absolute Gasteiger partial charge is 0.272 e. The van der Waals surface area contributed by atoms with Crippen LogP contribution in [0.4, 0.5) is 5.69 Å². The third kappa shape index (κ3) is 6.92. The van der Waals surface area contributed by atoms with Gasteiger partial charge in [-0.2, -0.15) is 5.26 Å². The zero-order valence-corrected chi connectivity index (χ0v) is 24.2. The van der Waals surface area contributed by atoms with E-state index in [4.69, 9.17) is 5.26 Å². The van der Waals surface area contributed by atoms with Gasteiger partial charge in [-0.3, -0.25) is 24.3 Å². The van der Waals surface area contributed by atoms with Crippen LogP contribution in [0.3, 0.4) is 0 Å². The second kappa shape index (κ2) is 12.8. The highest BCUT2D eigenvalue weighted by Crippen LogP contribution is 2.33. The number of piperazine rings is 1. The van der Waals surface area contributed by atoms with Crippen LogP contribution in [0.15, 0.2) is 66.9 Å². The van der Waals surface area contributed by atoms with Gasteiger partial charge < -0.3 is 15.1 Å². The number of aromatic nitrogens is 1. The number of hydrogen-bond donors (Lipinski definition) is 1. The number of pyridine rings is 1. The van der Waals surface area contributed by atoms with Crippen molar-refractivity contribution in [1.29, 1.82) is 5.26 Å². The van der Waals surface area contributed by atoms with Crippen molar-refractivity contribution in [2.24, 2.45) is 5.92 Å². The predicted molar refractivity (Wildman–Crippen MR) is 163 cm³/mol. The lowest BCUT2D eigenvalue weighted by molar-refractivity contribution is 0.0739. The van der Waals surface area contributed by atoms with Crippen LogP contribution in [0.25, 0.3) is 0 Å². The van der Waals surface area contributed by atoms with E-state index in [0.29, 0.717) is 43.0 Å². The van der Waals surface area contributed by atoms with Gasteiger partial charge in [-0.25, -0.2) is 0 Å². The Bertz CT molecular complexity index is 1490. The molecule has 0 unspecified atom stereocenters. The summed E-state index contributed by atoms with van der Waals surface area (Å²) in [6.45, 7) is 5.16. The number of Topliss-reactive ketones (excluding diaryl/α,β-unsaturated/α-hetero) is 1. The van der Waals surface area contributed by atoms with E-state index in [0.717, 1.165) is 56.6 Å². The number of anilines is 1. The van der Waals surface area contributed by atoms with E-state index in [9.17, 15) is 14.4 Å². The SMILES string of the molecule is N#Cc1ccc(CN2CCC(NC(=O)c3ccc(C(=O)N4CCN(c5ccc(C(=O)C6CC6)cc5)CC4)nc3)CC2)cc1. The summed E-state index contributed by atoms with van der Waals surface area (Å²) in [6.07, 6.45) is 5.22. The molecule has 43 heavy (non-hydrogen) atoms. The molecule has 1 aliphatic carbocycles. The first kappa shape index (κ1) is 28.6. The third-order valence-electron chi connectivity index (χ3n) is 8.69. The summed E-state index contributed by atoms with van der Waals surface area (Å²) < 4.78 is 0. The van der Waals surface area contributed by atoms with Gasteiger partial charge in [0.1, 0.15) is 5.69 Å². The van der Waals surface area contributed by atoms with Crippen LogP contribution in [0.1, 0.15) is 68.0 Å². The molecule has 0 bridgehead atoms. The van der Waals surface area contributed by atoms with Crippen LogP contribution in [-0.4, -0.2) is 77.7 Å². The Hall–Kier alpha value is -4.55. The number of carbonyl (C=O) groups is 3. The van der Waals surface area contributed by atoms with Gasteiger partial charge in [0.15, 0.2) is 5.78 Å². The van der Waals surface area contributed by atoms with Gasteiger partial charge >= 0.3 is 0 Å². The van der Waals surface area contributed by atoms with Gasteiger partial charge in [0, 0.05) is 75.2 Å². The molecule has 2 aliphatic heterocycles. The molecule has 2 aromatic carbocycles. The van der Waals surface area contributed by atoms with E-state index in [1.54, 1.807) is 17.0 Å². The Kier molecular flexibility index (Phi) is 8.47. The molecule has 0 spiro atoms. The molecule has 3 heterocycles. The summed E-state index contributed by atoms with van der Waals surface area (Å²) in [7, 11) is 0. The first-order chi connectivity index (χ1) is 21.0. The third-order valence-corrected chi connectivity index (χ3v) is 8.69. The quantitative estimate of drug-likeness (QED) is 0.405. The number of nitriles is 1. The van der Waals surface area contributed by atoms with Crippen molar-refractivity contribution in [1.82, 2.24) is 20.1 Å². The Labute approximate surface area is 252 Å². The summed E-state index contributed by atoms with van der Waals surface area (Å²) in [4.78, 5) is 49.0. The molecule has 0 radical (unpaired) electrons. The number of nitrogens with one attached hydrogen (secondary N) is 1. The fraction of sp³-hybridized carbons (Fsp3) is 0.382. The molecule has 1 N–H and O–H groups in total. The fourth-order valence-electron chi connectivity index (χ4n) is 5.85. The molecular weight excluding hydrogens is 540 g/mol. The van der Waals surface area contributed by atoms with Gasteiger partial charge in [-0.1, -0.05) is 12.1 Å². The number of rotatable bonds is 8. The topological polar surface area (TPSA) is 110 Å². The molecule has 9 nitrogen and oxygen atoms in total. The van der Waals surface area contributed by atoms with Gasteiger partial charge in [-0.15, -0.1) is 0 Å². The molecule has 1 aromatic heterocycles. The number of hydrogen-bond acceptors (Lipinski definition) is 7.